The molecule has 12 rings (SSSR count). The van der Waals surface area contributed by atoms with Crippen molar-refractivity contribution in [3.8, 4) is 27.9 Å². The summed E-state index contributed by atoms with van der Waals surface area (Å²) >= 11 is 0. The largest absolute Gasteiger partial charge is 0.293 e. The van der Waals surface area contributed by atoms with E-state index >= 15 is 0 Å². The molecule has 0 bridgehead atoms. The quantitative estimate of drug-likeness (QED) is 0.128. The van der Waals surface area contributed by atoms with Crippen molar-refractivity contribution in [2.24, 2.45) is 0 Å². The molecule has 0 radical (unpaired) electrons. The summed E-state index contributed by atoms with van der Waals surface area (Å²) in [5.41, 5.74) is 12.2. The van der Waals surface area contributed by atoms with E-state index in [1.807, 2.05) is 0 Å². The third-order valence-corrected chi connectivity index (χ3v) is 12.3. The van der Waals surface area contributed by atoms with Gasteiger partial charge >= 0.3 is 0 Å². The monoisotopic (exact) mass is 724 g/mol. The fraction of sp³-hybridized carbons (Fsp3) is 0.0364. The molecule has 1 aliphatic carbocycles. The highest BCUT2D eigenvalue weighted by Crippen LogP contribution is 2.45. The Kier molecular flexibility index (Phi) is 7.09. The van der Waals surface area contributed by atoms with E-state index in [0.717, 1.165) is 35.4 Å². The molecule has 266 valence electrons. The SMILES string of the molecule is C1=C(c2ccc3ccc4cccc5ccc2c3c45)CCC(c2nc3ccccc3n2-c2ccc(-c3c4ccccc4c(-c4ccccc4)c4ccccc34)cc2)=C1. The maximum absolute atomic E-state index is 5.28. The van der Waals surface area contributed by atoms with Gasteiger partial charge in [-0.1, -0.05) is 170 Å². The summed E-state index contributed by atoms with van der Waals surface area (Å²) in [5, 5.41) is 13.0. The lowest BCUT2D eigenvalue weighted by Crippen LogP contribution is -2.03. The lowest BCUT2D eigenvalue weighted by atomic mass is 9.86. The van der Waals surface area contributed by atoms with Gasteiger partial charge in [0.25, 0.3) is 0 Å². The number of rotatable bonds is 5. The molecule has 0 amide bonds. The van der Waals surface area contributed by atoms with E-state index in [2.05, 4.69) is 199 Å². The zero-order valence-corrected chi connectivity index (χ0v) is 31.3. The Hall–Kier alpha value is -7.29. The van der Waals surface area contributed by atoms with E-state index < -0.39 is 0 Å². The minimum atomic E-state index is 0.918. The van der Waals surface area contributed by atoms with Crippen molar-refractivity contribution in [2.75, 3.05) is 0 Å². The van der Waals surface area contributed by atoms with Crippen LogP contribution >= 0.6 is 0 Å². The van der Waals surface area contributed by atoms with Gasteiger partial charge in [-0.2, -0.15) is 0 Å². The Morgan fingerprint density at radius 3 is 1.60 bits per heavy atom. The fourth-order valence-corrected chi connectivity index (χ4v) is 9.70. The van der Waals surface area contributed by atoms with Gasteiger partial charge in [-0.3, -0.25) is 4.57 Å². The Balaban J connectivity index is 0.972. The van der Waals surface area contributed by atoms with Crippen LogP contribution in [0.1, 0.15) is 24.2 Å². The molecule has 1 aromatic heterocycles. The zero-order valence-electron chi connectivity index (χ0n) is 31.3. The van der Waals surface area contributed by atoms with Crippen LogP contribution in [0.25, 0.3) is 104 Å². The van der Waals surface area contributed by atoms with Gasteiger partial charge in [0.1, 0.15) is 5.82 Å². The number of nitrogens with zero attached hydrogens (tertiary/aromatic N) is 2. The smallest absolute Gasteiger partial charge is 0.141 e. The molecule has 0 unspecified atom stereocenters. The molecule has 11 aromatic rings. The minimum Gasteiger partial charge on any atom is -0.293 e. The van der Waals surface area contributed by atoms with Crippen LogP contribution in [0, 0.1) is 0 Å². The average Bonchev–Trinajstić information content (AvgIpc) is 3.67. The molecule has 57 heavy (non-hydrogen) atoms. The van der Waals surface area contributed by atoms with Crippen LogP contribution in [0.3, 0.4) is 0 Å². The van der Waals surface area contributed by atoms with Crippen molar-refractivity contribution in [2.45, 2.75) is 12.8 Å². The molecule has 10 aromatic carbocycles. The van der Waals surface area contributed by atoms with Crippen LogP contribution in [0.2, 0.25) is 0 Å². The van der Waals surface area contributed by atoms with E-state index in [9.17, 15) is 0 Å². The van der Waals surface area contributed by atoms with E-state index in [4.69, 9.17) is 4.98 Å². The summed E-state index contributed by atoms with van der Waals surface area (Å²) < 4.78 is 2.36. The molecule has 0 spiro atoms. The summed E-state index contributed by atoms with van der Waals surface area (Å²) in [7, 11) is 0. The van der Waals surface area contributed by atoms with Gasteiger partial charge < -0.3 is 0 Å². The molecule has 1 aliphatic rings. The highest BCUT2D eigenvalue weighted by atomic mass is 15.1. The number of para-hydroxylation sites is 2. The summed E-state index contributed by atoms with van der Waals surface area (Å²) in [6.07, 6.45) is 6.53. The van der Waals surface area contributed by atoms with Crippen LogP contribution in [0.15, 0.2) is 194 Å². The number of hydrogen-bond donors (Lipinski definition) is 0. The highest BCUT2D eigenvalue weighted by molar-refractivity contribution is 6.25. The number of hydrogen-bond acceptors (Lipinski definition) is 1. The Labute approximate surface area is 330 Å². The Bertz CT molecular complexity index is 3360. The lowest BCUT2D eigenvalue weighted by molar-refractivity contribution is 0.990. The first-order chi connectivity index (χ1) is 28.3. The van der Waals surface area contributed by atoms with Crippen LogP contribution < -0.4 is 0 Å². The Morgan fingerprint density at radius 2 is 0.930 bits per heavy atom. The van der Waals surface area contributed by atoms with E-state index in [1.54, 1.807) is 0 Å². The summed E-state index contributed by atoms with van der Waals surface area (Å²) in [5.74, 6) is 1.01. The lowest BCUT2D eigenvalue weighted by Gasteiger charge is -2.20. The van der Waals surface area contributed by atoms with Crippen molar-refractivity contribution in [3.63, 3.8) is 0 Å². The van der Waals surface area contributed by atoms with Crippen molar-refractivity contribution < 1.29 is 0 Å². The second kappa shape index (κ2) is 12.6. The van der Waals surface area contributed by atoms with Gasteiger partial charge in [-0.15, -0.1) is 0 Å². The van der Waals surface area contributed by atoms with E-state index in [-0.39, 0.29) is 0 Å². The van der Waals surface area contributed by atoms with Crippen LogP contribution in [0.5, 0.6) is 0 Å². The summed E-state index contributed by atoms with van der Waals surface area (Å²) in [4.78, 5) is 5.28. The van der Waals surface area contributed by atoms with E-state index in [1.165, 1.54) is 92.8 Å². The Morgan fingerprint density at radius 1 is 0.386 bits per heavy atom. The molecule has 0 fully saturated rings. The van der Waals surface area contributed by atoms with Gasteiger partial charge in [0.05, 0.1) is 11.0 Å². The summed E-state index contributed by atoms with van der Waals surface area (Å²) in [6, 6.07) is 66.6. The normalized spacial score (nSPS) is 13.3. The molecule has 2 heteroatoms. The average molecular weight is 725 g/mol. The van der Waals surface area contributed by atoms with Crippen LogP contribution in [0.4, 0.5) is 0 Å². The molecular formula is C55H36N2. The minimum absolute atomic E-state index is 0.918. The number of allylic oxidation sites excluding steroid dienone is 4. The molecule has 0 N–H and O–H groups in total. The molecule has 0 saturated heterocycles. The van der Waals surface area contributed by atoms with Crippen molar-refractivity contribution in [1.29, 1.82) is 0 Å². The van der Waals surface area contributed by atoms with Gasteiger partial charge in [0, 0.05) is 5.69 Å². The topological polar surface area (TPSA) is 17.8 Å². The predicted octanol–water partition coefficient (Wildman–Crippen LogP) is 14.8. The fourth-order valence-electron chi connectivity index (χ4n) is 9.70. The van der Waals surface area contributed by atoms with Crippen LogP contribution in [-0.2, 0) is 0 Å². The highest BCUT2D eigenvalue weighted by Gasteiger charge is 2.21. The second-order valence-corrected chi connectivity index (χ2v) is 15.4. The molecule has 2 nitrogen and oxygen atoms in total. The molecule has 1 heterocycles. The predicted molar refractivity (Wildman–Crippen MR) is 242 cm³/mol. The molecule has 0 aliphatic heterocycles. The number of aromatic nitrogens is 2. The van der Waals surface area contributed by atoms with Crippen molar-refractivity contribution in [1.82, 2.24) is 9.55 Å². The zero-order chi connectivity index (χ0) is 37.5. The van der Waals surface area contributed by atoms with Gasteiger partial charge in [-0.25, -0.2) is 4.98 Å². The van der Waals surface area contributed by atoms with Gasteiger partial charge in [0.2, 0.25) is 0 Å². The summed E-state index contributed by atoms with van der Waals surface area (Å²) in [6.45, 7) is 0. The molecule has 0 saturated carbocycles. The van der Waals surface area contributed by atoms with Crippen LogP contribution in [-0.4, -0.2) is 9.55 Å². The third kappa shape index (κ3) is 4.94. The maximum Gasteiger partial charge on any atom is 0.141 e. The van der Waals surface area contributed by atoms with Crippen molar-refractivity contribution >= 4 is 76.0 Å². The number of benzene rings is 10. The molecular weight excluding hydrogens is 689 g/mol. The van der Waals surface area contributed by atoms with Crippen molar-refractivity contribution in [3.05, 3.63) is 206 Å². The molecule has 0 atom stereocenters. The third-order valence-electron chi connectivity index (χ3n) is 12.3. The van der Waals surface area contributed by atoms with E-state index in [0.29, 0.717) is 0 Å². The van der Waals surface area contributed by atoms with Gasteiger partial charge in [-0.05, 0) is 130 Å². The number of imidazole rings is 1. The first-order valence-electron chi connectivity index (χ1n) is 19.9. The first kappa shape index (κ1) is 32.0. The number of fused-ring (bicyclic) bond motifs is 3. The standard InChI is InChI=1S/C55H36N2/c1-2-11-36(12-3-1)52-44-15-4-6-17-46(44)53(47-18-7-5-16-45(47)52)39-27-31-42(32-28-39)57-50-20-9-8-19-49(50)56-55(57)41-25-21-35(22-26-41)43-33-29-40-24-23-37-13-10-14-38-30-34-48(43)54(40)51(37)38/h1-21,23-25,27-34H,22,26H2. The maximum atomic E-state index is 5.28. The van der Waals surface area contributed by atoms with Gasteiger partial charge in [0.15, 0.2) is 0 Å². The second-order valence-electron chi connectivity index (χ2n) is 15.4. The first-order valence-corrected chi connectivity index (χ1v) is 19.9.